The molecule has 0 spiro atoms. The van der Waals surface area contributed by atoms with Crippen molar-refractivity contribution in [3.63, 3.8) is 0 Å². The second-order valence-corrected chi connectivity index (χ2v) is 7.77. The van der Waals surface area contributed by atoms with E-state index >= 15 is 0 Å². The number of aromatic nitrogens is 1. The molecule has 0 aliphatic heterocycles. The monoisotopic (exact) mass is 342 g/mol. The molecule has 1 aliphatic rings. The number of halogens is 1. The molecule has 1 aliphatic carbocycles. The summed E-state index contributed by atoms with van der Waals surface area (Å²) in [7, 11) is 0. The van der Waals surface area contributed by atoms with Gasteiger partial charge in [-0.15, -0.1) is 22.7 Å². The number of anilines is 1. The van der Waals surface area contributed by atoms with E-state index in [-0.39, 0.29) is 11.8 Å². The Morgan fingerprint density at radius 1 is 1.56 bits per heavy atom. The molecular weight excluding hydrogens is 332 g/mol. The highest BCUT2D eigenvalue weighted by Gasteiger charge is 2.39. The molecule has 0 aromatic carbocycles. The number of carbonyl (C=O) groups is 1. The van der Waals surface area contributed by atoms with Crippen LogP contribution in [0, 0.1) is 11.8 Å². The quantitative estimate of drug-likeness (QED) is 0.906. The van der Waals surface area contributed by atoms with Gasteiger partial charge in [-0.25, -0.2) is 4.98 Å². The summed E-state index contributed by atoms with van der Waals surface area (Å²) in [5.74, 6) is 0.821. The molecule has 0 radical (unpaired) electrons. The fourth-order valence-corrected chi connectivity index (χ4v) is 3.92. The summed E-state index contributed by atoms with van der Waals surface area (Å²) in [6.45, 7) is 2.10. The number of nitrogens with one attached hydrogen (secondary N) is 1. The molecule has 2 heterocycles. The Kier molecular flexibility index (Phi) is 3.25. The van der Waals surface area contributed by atoms with Crippen molar-refractivity contribution in [1.29, 1.82) is 0 Å². The van der Waals surface area contributed by atoms with Gasteiger partial charge >= 0.3 is 0 Å². The van der Waals surface area contributed by atoms with E-state index in [0.717, 1.165) is 20.8 Å². The van der Waals surface area contributed by atoms with E-state index < -0.39 is 0 Å². The second-order valence-electron chi connectivity index (χ2n) is 4.45. The average molecular weight is 343 g/mol. The number of amides is 1. The molecule has 1 fully saturated rings. The summed E-state index contributed by atoms with van der Waals surface area (Å²) in [5.41, 5.74) is 0.926. The lowest BCUT2D eigenvalue weighted by molar-refractivity contribution is -0.117. The lowest BCUT2D eigenvalue weighted by Crippen LogP contribution is -2.14. The van der Waals surface area contributed by atoms with Gasteiger partial charge < -0.3 is 5.32 Å². The number of nitrogens with zero attached hydrogens (tertiary/aromatic N) is 1. The number of carbonyl (C=O) groups excluding carboxylic acids is 1. The van der Waals surface area contributed by atoms with Crippen LogP contribution in [-0.4, -0.2) is 10.9 Å². The third-order valence-electron chi connectivity index (χ3n) is 3.01. The Balaban J connectivity index is 1.71. The third-order valence-corrected chi connectivity index (χ3v) is 5.41. The molecule has 2 aromatic rings. The fourth-order valence-electron chi connectivity index (χ4n) is 1.78. The van der Waals surface area contributed by atoms with E-state index in [9.17, 15) is 4.79 Å². The van der Waals surface area contributed by atoms with Gasteiger partial charge in [0, 0.05) is 11.3 Å². The van der Waals surface area contributed by atoms with Crippen LogP contribution >= 0.6 is 38.6 Å². The minimum Gasteiger partial charge on any atom is -0.302 e. The lowest BCUT2D eigenvalue weighted by Gasteiger charge is -1.98. The van der Waals surface area contributed by atoms with Gasteiger partial charge in [-0.2, -0.15) is 0 Å². The number of thiazole rings is 1. The summed E-state index contributed by atoms with van der Waals surface area (Å²) in [6.07, 6.45) is 1.00. The van der Waals surface area contributed by atoms with Crippen molar-refractivity contribution in [2.75, 3.05) is 5.32 Å². The molecule has 1 saturated carbocycles. The molecule has 3 nitrogen and oxygen atoms in total. The van der Waals surface area contributed by atoms with Gasteiger partial charge in [0.05, 0.1) is 14.4 Å². The average Bonchev–Trinajstić information content (AvgIpc) is 2.77. The number of hydrogen-bond donors (Lipinski definition) is 1. The first-order chi connectivity index (χ1) is 8.63. The summed E-state index contributed by atoms with van der Waals surface area (Å²) < 4.78 is 1.09. The Labute approximate surface area is 121 Å². The van der Waals surface area contributed by atoms with E-state index in [0.29, 0.717) is 11.0 Å². The van der Waals surface area contributed by atoms with Gasteiger partial charge in [-0.3, -0.25) is 4.79 Å². The summed E-state index contributed by atoms with van der Waals surface area (Å²) in [4.78, 5) is 17.3. The standard InChI is InChI=1S/C12H11BrN2OS2/c1-6-4-7(6)11(16)15-12-14-8(5-17-12)9-2-3-10(13)18-9/h2-3,5-7H,4H2,1H3,(H,14,15,16)/t6-,7+/m1/s1. The maximum absolute atomic E-state index is 11.8. The highest BCUT2D eigenvalue weighted by atomic mass is 79.9. The Morgan fingerprint density at radius 2 is 2.33 bits per heavy atom. The molecule has 2 atom stereocenters. The molecule has 1 amide bonds. The zero-order chi connectivity index (χ0) is 12.7. The van der Waals surface area contributed by atoms with Crippen molar-refractivity contribution >= 4 is 49.6 Å². The first-order valence-electron chi connectivity index (χ1n) is 5.65. The molecule has 3 rings (SSSR count). The topological polar surface area (TPSA) is 42.0 Å². The highest BCUT2D eigenvalue weighted by Crippen LogP contribution is 2.39. The predicted octanol–water partition coefficient (Wildman–Crippen LogP) is 4.23. The van der Waals surface area contributed by atoms with Crippen LogP contribution in [0.2, 0.25) is 0 Å². The number of hydrogen-bond acceptors (Lipinski definition) is 4. The lowest BCUT2D eigenvalue weighted by atomic mass is 10.3. The molecule has 0 bridgehead atoms. The third kappa shape index (κ3) is 2.50. The van der Waals surface area contributed by atoms with Crippen LogP contribution < -0.4 is 5.32 Å². The van der Waals surface area contributed by atoms with Crippen LogP contribution in [0.15, 0.2) is 21.3 Å². The van der Waals surface area contributed by atoms with E-state index in [1.165, 1.54) is 11.3 Å². The van der Waals surface area contributed by atoms with Crippen molar-refractivity contribution in [1.82, 2.24) is 4.98 Å². The maximum Gasteiger partial charge on any atom is 0.229 e. The van der Waals surface area contributed by atoms with Crippen LogP contribution in [-0.2, 0) is 4.79 Å². The van der Waals surface area contributed by atoms with Crippen LogP contribution in [0.25, 0.3) is 10.6 Å². The Bertz CT molecular complexity index is 592. The molecule has 94 valence electrons. The van der Waals surface area contributed by atoms with Gasteiger partial charge in [0.25, 0.3) is 0 Å². The zero-order valence-electron chi connectivity index (χ0n) is 9.64. The van der Waals surface area contributed by atoms with Gasteiger partial charge in [0.1, 0.15) is 0 Å². The smallest absolute Gasteiger partial charge is 0.229 e. The van der Waals surface area contributed by atoms with Crippen molar-refractivity contribution in [3.8, 4) is 10.6 Å². The van der Waals surface area contributed by atoms with Gasteiger partial charge in [-0.1, -0.05) is 6.92 Å². The van der Waals surface area contributed by atoms with Gasteiger partial charge in [-0.05, 0) is 40.4 Å². The van der Waals surface area contributed by atoms with Crippen LogP contribution in [0.4, 0.5) is 5.13 Å². The van der Waals surface area contributed by atoms with E-state index in [1.54, 1.807) is 11.3 Å². The van der Waals surface area contributed by atoms with Crippen molar-refractivity contribution in [3.05, 3.63) is 21.3 Å². The predicted molar refractivity (Wildman–Crippen MR) is 79.0 cm³/mol. The SMILES string of the molecule is C[C@@H]1C[C@@H]1C(=O)Nc1nc(-c2ccc(Br)s2)cs1. The number of rotatable bonds is 3. The molecular formula is C12H11BrN2OS2. The van der Waals surface area contributed by atoms with Crippen molar-refractivity contribution in [2.45, 2.75) is 13.3 Å². The van der Waals surface area contributed by atoms with Gasteiger partial charge in [0.2, 0.25) is 5.91 Å². The van der Waals surface area contributed by atoms with E-state index in [1.807, 2.05) is 17.5 Å². The zero-order valence-corrected chi connectivity index (χ0v) is 12.9. The van der Waals surface area contributed by atoms with Crippen LogP contribution in [0.3, 0.4) is 0 Å². The van der Waals surface area contributed by atoms with Crippen molar-refractivity contribution < 1.29 is 4.79 Å². The van der Waals surface area contributed by atoms with E-state index in [4.69, 9.17) is 0 Å². The minimum atomic E-state index is 0.107. The molecule has 1 N–H and O–H groups in total. The maximum atomic E-state index is 11.8. The molecule has 6 heteroatoms. The Hall–Kier alpha value is -0.720. The van der Waals surface area contributed by atoms with Gasteiger partial charge in [0.15, 0.2) is 5.13 Å². The van der Waals surface area contributed by atoms with Crippen LogP contribution in [0.5, 0.6) is 0 Å². The molecule has 0 unspecified atom stereocenters. The first kappa shape index (κ1) is 12.3. The number of thiophene rings is 1. The fraction of sp³-hybridized carbons (Fsp3) is 0.333. The second kappa shape index (κ2) is 4.75. The normalized spacial score (nSPS) is 21.9. The summed E-state index contributed by atoms with van der Waals surface area (Å²) in [5, 5.41) is 5.56. The molecule has 2 aromatic heterocycles. The largest absolute Gasteiger partial charge is 0.302 e. The van der Waals surface area contributed by atoms with E-state index in [2.05, 4.69) is 33.2 Å². The summed E-state index contributed by atoms with van der Waals surface area (Å²) >= 11 is 6.55. The van der Waals surface area contributed by atoms with Crippen LogP contribution in [0.1, 0.15) is 13.3 Å². The molecule has 18 heavy (non-hydrogen) atoms. The van der Waals surface area contributed by atoms with Crippen molar-refractivity contribution in [2.24, 2.45) is 11.8 Å². The minimum absolute atomic E-state index is 0.107. The Morgan fingerprint density at radius 3 is 2.94 bits per heavy atom. The first-order valence-corrected chi connectivity index (χ1v) is 8.14. The summed E-state index contributed by atoms with van der Waals surface area (Å²) in [6, 6.07) is 4.03. The molecule has 0 saturated heterocycles. The highest BCUT2D eigenvalue weighted by molar-refractivity contribution is 9.11.